The van der Waals surface area contributed by atoms with Crippen LogP contribution in [-0.4, -0.2) is 24.1 Å². The Balaban J connectivity index is 2.11. The standard InChI is InChI=1S/C20H22N2O3S2/c1-12(2)27(24,25)16-8-6-7-15(11-16)19(23)21-20-22(5)17-13(3)9-10-14(4)18(17)26-20/h6-12H,1-5H3. The third kappa shape index (κ3) is 3.49. The zero-order valence-corrected chi connectivity index (χ0v) is 17.6. The van der Waals surface area contributed by atoms with Crippen LogP contribution in [0, 0.1) is 13.8 Å². The minimum Gasteiger partial charge on any atom is -0.319 e. The molecule has 0 saturated heterocycles. The first-order chi connectivity index (χ1) is 12.6. The molecule has 3 aromatic rings. The van der Waals surface area contributed by atoms with E-state index in [1.165, 1.54) is 23.5 Å². The summed E-state index contributed by atoms with van der Waals surface area (Å²) in [5.74, 6) is -0.451. The normalized spacial score (nSPS) is 12.9. The van der Waals surface area contributed by atoms with Gasteiger partial charge in [-0.1, -0.05) is 29.5 Å². The van der Waals surface area contributed by atoms with E-state index in [1.807, 2.05) is 25.5 Å². The Kier molecular flexibility index (Phi) is 5.10. The van der Waals surface area contributed by atoms with E-state index < -0.39 is 21.0 Å². The van der Waals surface area contributed by atoms with Crippen molar-refractivity contribution in [3.63, 3.8) is 0 Å². The van der Waals surface area contributed by atoms with E-state index in [2.05, 4.69) is 17.1 Å². The molecule has 0 N–H and O–H groups in total. The maximum Gasteiger partial charge on any atom is 0.279 e. The Hall–Kier alpha value is -2.25. The Morgan fingerprint density at radius 2 is 1.78 bits per heavy atom. The SMILES string of the molecule is Cc1ccc(C)c2c1sc(=NC(=O)c1cccc(S(=O)(=O)C(C)C)c1)n2C. The van der Waals surface area contributed by atoms with Gasteiger partial charge in [-0.2, -0.15) is 4.99 Å². The first kappa shape index (κ1) is 19.5. The van der Waals surface area contributed by atoms with E-state index in [-0.39, 0.29) is 10.5 Å². The van der Waals surface area contributed by atoms with Crippen molar-refractivity contribution in [1.29, 1.82) is 0 Å². The van der Waals surface area contributed by atoms with Crippen LogP contribution in [0.2, 0.25) is 0 Å². The highest BCUT2D eigenvalue weighted by Gasteiger charge is 2.20. The van der Waals surface area contributed by atoms with Crippen LogP contribution in [-0.2, 0) is 16.9 Å². The van der Waals surface area contributed by atoms with Crippen LogP contribution in [0.5, 0.6) is 0 Å². The summed E-state index contributed by atoms with van der Waals surface area (Å²) in [6.45, 7) is 7.30. The van der Waals surface area contributed by atoms with Crippen molar-refractivity contribution in [3.05, 3.63) is 57.9 Å². The molecule has 0 radical (unpaired) electrons. The summed E-state index contributed by atoms with van der Waals surface area (Å²) in [6.07, 6.45) is 0. The number of rotatable bonds is 3. The van der Waals surface area contributed by atoms with Gasteiger partial charge in [-0.15, -0.1) is 0 Å². The van der Waals surface area contributed by atoms with Gasteiger partial charge < -0.3 is 4.57 Å². The van der Waals surface area contributed by atoms with E-state index >= 15 is 0 Å². The molecule has 27 heavy (non-hydrogen) atoms. The van der Waals surface area contributed by atoms with Gasteiger partial charge in [-0.05, 0) is 57.0 Å². The molecule has 0 fully saturated rings. The third-order valence-corrected chi connectivity index (χ3v) is 7.99. The number of aryl methyl sites for hydroxylation is 3. The van der Waals surface area contributed by atoms with Crippen molar-refractivity contribution in [2.45, 2.75) is 37.8 Å². The molecule has 1 aromatic heterocycles. The molecular formula is C20H22N2O3S2. The molecule has 5 nitrogen and oxygen atoms in total. The fourth-order valence-electron chi connectivity index (χ4n) is 2.90. The van der Waals surface area contributed by atoms with Gasteiger partial charge in [0.05, 0.1) is 20.4 Å². The second-order valence-corrected chi connectivity index (χ2v) is 10.3. The first-order valence-electron chi connectivity index (χ1n) is 8.61. The lowest BCUT2D eigenvalue weighted by atomic mass is 10.1. The van der Waals surface area contributed by atoms with Gasteiger partial charge in [0, 0.05) is 12.6 Å². The van der Waals surface area contributed by atoms with Crippen molar-refractivity contribution in [2.24, 2.45) is 12.0 Å². The fourth-order valence-corrected chi connectivity index (χ4v) is 5.17. The summed E-state index contributed by atoms with van der Waals surface area (Å²) >= 11 is 1.46. The van der Waals surface area contributed by atoms with Gasteiger partial charge in [-0.25, -0.2) is 8.42 Å². The van der Waals surface area contributed by atoms with E-state index in [1.54, 1.807) is 26.0 Å². The molecule has 142 valence electrons. The predicted molar refractivity (Wildman–Crippen MR) is 109 cm³/mol. The fraction of sp³-hybridized carbons (Fsp3) is 0.300. The zero-order chi connectivity index (χ0) is 19.9. The Morgan fingerprint density at radius 3 is 2.41 bits per heavy atom. The summed E-state index contributed by atoms with van der Waals surface area (Å²) in [4.78, 5) is 17.7. The molecule has 7 heteroatoms. The number of benzene rings is 2. The number of aromatic nitrogens is 1. The quantitative estimate of drug-likeness (QED) is 0.669. The minimum absolute atomic E-state index is 0.144. The maximum atomic E-state index is 12.7. The third-order valence-electron chi connectivity index (χ3n) is 4.57. The number of sulfone groups is 1. The molecule has 0 spiro atoms. The van der Waals surface area contributed by atoms with Gasteiger partial charge >= 0.3 is 0 Å². The van der Waals surface area contributed by atoms with Crippen LogP contribution in [0.1, 0.15) is 35.3 Å². The largest absolute Gasteiger partial charge is 0.319 e. The highest BCUT2D eigenvalue weighted by atomic mass is 32.2. The van der Waals surface area contributed by atoms with Gasteiger partial charge in [-0.3, -0.25) is 4.79 Å². The number of amides is 1. The Morgan fingerprint density at radius 1 is 1.11 bits per heavy atom. The highest BCUT2D eigenvalue weighted by molar-refractivity contribution is 7.92. The molecule has 0 saturated carbocycles. The smallest absolute Gasteiger partial charge is 0.279 e. The van der Waals surface area contributed by atoms with Crippen LogP contribution in [0.25, 0.3) is 10.2 Å². The Labute approximate surface area is 162 Å². The molecule has 0 unspecified atom stereocenters. The molecule has 0 aliphatic carbocycles. The number of fused-ring (bicyclic) bond motifs is 1. The van der Waals surface area contributed by atoms with Crippen LogP contribution >= 0.6 is 11.3 Å². The Bertz CT molecular complexity index is 1220. The number of carbonyl (C=O) groups is 1. The van der Waals surface area contributed by atoms with E-state index in [0.717, 1.165) is 21.3 Å². The molecular weight excluding hydrogens is 380 g/mol. The van der Waals surface area contributed by atoms with Crippen molar-refractivity contribution in [3.8, 4) is 0 Å². The van der Waals surface area contributed by atoms with Crippen molar-refractivity contribution in [1.82, 2.24) is 4.57 Å². The van der Waals surface area contributed by atoms with Crippen molar-refractivity contribution < 1.29 is 13.2 Å². The van der Waals surface area contributed by atoms with Crippen LogP contribution in [0.4, 0.5) is 0 Å². The lowest BCUT2D eigenvalue weighted by Gasteiger charge is -2.08. The summed E-state index contributed by atoms with van der Waals surface area (Å²) in [7, 11) is -1.56. The molecule has 0 aliphatic rings. The van der Waals surface area contributed by atoms with Crippen LogP contribution in [0.15, 0.2) is 46.3 Å². The molecule has 0 atom stereocenters. The second kappa shape index (κ2) is 7.05. The number of hydrogen-bond acceptors (Lipinski definition) is 4. The number of hydrogen-bond donors (Lipinski definition) is 0. The number of carbonyl (C=O) groups excluding carboxylic acids is 1. The maximum absolute atomic E-state index is 12.7. The van der Waals surface area contributed by atoms with E-state index in [9.17, 15) is 13.2 Å². The lowest BCUT2D eigenvalue weighted by Crippen LogP contribution is -2.16. The molecule has 0 aliphatic heterocycles. The molecule has 0 bridgehead atoms. The minimum atomic E-state index is -3.44. The predicted octanol–water partition coefficient (Wildman–Crippen LogP) is 3.78. The van der Waals surface area contributed by atoms with Gasteiger partial charge in [0.15, 0.2) is 14.6 Å². The van der Waals surface area contributed by atoms with Crippen molar-refractivity contribution >= 4 is 37.3 Å². The van der Waals surface area contributed by atoms with Crippen LogP contribution in [0.3, 0.4) is 0 Å². The second-order valence-electron chi connectivity index (χ2n) is 6.86. The number of thiazole rings is 1. The van der Waals surface area contributed by atoms with Crippen molar-refractivity contribution in [2.75, 3.05) is 0 Å². The van der Waals surface area contributed by atoms with E-state index in [4.69, 9.17) is 0 Å². The first-order valence-corrected chi connectivity index (χ1v) is 11.0. The summed E-state index contributed by atoms with van der Waals surface area (Å²) < 4.78 is 27.7. The summed E-state index contributed by atoms with van der Waals surface area (Å²) in [5, 5.41) is -0.550. The topological polar surface area (TPSA) is 68.5 Å². The van der Waals surface area contributed by atoms with Crippen LogP contribution < -0.4 is 4.80 Å². The zero-order valence-electron chi connectivity index (χ0n) is 16.0. The highest BCUT2D eigenvalue weighted by Crippen LogP contribution is 2.24. The lowest BCUT2D eigenvalue weighted by molar-refractivity contribution is 0.0997. The average molecular weight is 403 g/mol. The molecule has 2 aromatic carbocycles. The molecule has 3 rings (SSSR count). The molecule has 1 amide bonds. The monoisotopic (exact) mass is 402 g/mol. The average Bonchev–Trinajstić information content (AvgIpc) is 2.96. The summed E-state index contributed by atoms with van der Waals surface area (Å²) in [6, 6.07) is 10.2. The molecule has 1 heterocycles. The number of nitrogens with zero attached hydrogens (tertiary/aromatic N) is 2. The van der Waals surface area contributed by atoms with Gasteiger partial charge in [0.2, 0.25) is 0 Å². The summed E-state index contributed by atoms with van der Waals surface area (Å²) in [5.41, 5.74) is 3.58. The van der Waals surface area contributed by atoms with Gasteiger partial charge in [0.1, 0.15) is 0 Å². The van der Waals surface area contributed by atoms with Gasteiger partial charge in [0.25, 0.3) is 5.91 Å². The van der Waals surface area contributed by atoms with E-state index in [0.29, 0.717) is 4.80 Å².